The molecule has 0 aliphatic heterocycles. The molecular formula is C23H22ClN3O4. The fraction of sp³-hybridized carbons (Fsp3) is 0.174. The summed E-state index contributed by atoms with van der Waals surface area (Å²) in [7, 11) is 1.54. The highest BCUT2D eigenvalue weighted by molar-refractivity contribution is 6.39. The minimum atomic E-state index is -0.752. The Bertz CT molecular complexity index is 1140. The van der Waals surface area contributed by atoms with Crippen molar-refractivity contribution in [2.75, 3.05) is 12.4 Å². The molecule has 2 N–H and O–H groups in total. The number of furan rings is 1. The van der Waals surface area contributed by atoms with Crippen molar-refractivity contribution < 1.29 is 18.7 Å². The van der Waals surface area contributed by atoms with E-state index < -0.39 is 11.8 Å². The van der Waals surface area contributed by atoms with Gasteiger partial charge in [0.25, 0.3) is 0 Å². The number of aryl methyl sites for hydroxylation is 2. The van der Waals surface area contributed by atoms with Gasteiger partial charge in [-0.1, -0.05) is 17.7 Å². The molecule has 160 valence electrons. The molecule has 0 spiro atoms. The first-order chi connectivity index (χ1) is 14.9. The van der Waals surface area contributed by atoms with Gasteiger partial charge >= 0.3 is 11.8 Å². The molecule has 1 heterocycles. The van der Waals surface area contributed by atoms with Crippen molar-refractivity contribution >= 4 is 41.0 Å². The molecule has 8 heteroatoms. The number of methoxy groups -OCH3 is 1. The number of benzene rings is 2. The second-order valence-corrected chi connectivity index (χ2v) is 7.22. The van der Waals surface area contributed by atoms with E-state index in [0.29, 0.717) is 33.7 Å². The zero-order valence-electron chi connectivity index (χ0n) is 17.4. The lowest BCUT2D eigenvalue weighted by Crippen LogP contribution is -2.34. The quantitative estimate of drug-likeness (QED) is 0.434. The lowest BCUT2D eigenvalue weighted by atomic mass is 10.1. The fourth-order valence-electron chi connectivity index (χ4n) is 2.69. The van der Waals surface area contributed by atoms with E-state index in [1.54, 1.807) is 43.5 Å². The second kappa shape index (κ2) is 9.95. The van der Waals surface area contributed by atoms with Crippen molar-refractivity contribution in [3.63, 3.8) is 0 Å². The van der Waals surface area contributed by atoms with Crippen LogP contribution in [0.1, 0.15) is 22.6 Å². The minimum Gasteiger partial charge on any atom is -0.495 e. The van der Waals surface area contributed by atoms with Crippen LogP contribution in [0.25, 0.3) is 0 Å². The third-order valence-electron chi connectivity index (χ3n) is 4.55. The van der Waals surface area contributed by atoms with Crippen molar-refractivity contribution in [1.82, 2.24) is 5.32 Å². The number of ether oxygens (including phenoxy) is 1. The summed E-state index contributed by atoms with van der Waals surface area (Å²) in [6.45, 7) is 3.98. The lowest BCUT2D eigenvalue weighted by Gasteiger charge is -2.07. The van der Waals surface area contributed by atoms with Gasteiger partial charge in [0.1, 0.15) is 17.3 Å². The molecule has 0 saturated heterocycles. The number of carbonyl (C=O) groups is 2. The van der Waals surface area contributed by atoms with Gasteiger partial charge in [0, 0.05) is 5.69 Å². The molecule has 0 fully saturated rings. The predicted octanol–water partition coefficient (Wildman–Crippen LogP) is 4.56. The summed E-state index contributed by atoms with van der Waals surface area (Å²) in [5.74, 6) is 0.0567. The molecule has 2 amide bonds. The van der Waals surface area contributed by atoms with E-state index >= 15 is 0 Å². The Labute approximate surface area is 185 Å². The first-order valence-corrected chi connectivity index (χ1v) is 9.86. The number of carbonyl (C=O) groups excluding carboxylic acids is 2. The van der Waals surface area contributed by atoms with Gasteiger partial charge in [0.2, 0.25) is 0 Å². The van der Waals surface area contributed by atoms with E-state index in [1.807, 2.05) is 26.0 Å². The number of nitrogens with one attached hydrogen (secondary N) is 2. The van der Waals surface area contributed by atoms with Gasteiger partial charge in [-0.15, -0.1) is 0 Å². The van der Waals surface area contributed by atoms with Gasteiger partial charge < -0.3 is 19.8 Å². The average molecular weight is 440 g/mol. The number of amides is 2. The average Bonchev–Trinajstić information content (AvgIpc) is 3.21. The molecule has 1 aromatic heterocycles. The van der Waals surface area contributed by atoms with Crippen LogP contribution in [0.5, 0.6) is 5.75 Å². The van der Waals surface area contributed by atoms with Gasteiger partial charge in [-0.05, 0) is 67.4 Å². The third-order valence-corrected chi connectivity index (χ3v) is 4.85. The molecule has 3 rings (SSSR count). The highest BCUT2D eigenvalue weighted by Gasteiger charge is 2.14. The molecule has 0 saturated carbocycles. The Morgan fingerprint density at radius 3 is 2.58 bits per heavy atom. The van der Waals surface area contributed by atoms with Crippen LogP contribution in [0, 0.1) is 13.8 Å². The molecule has 31 heavy (non-hydrogen) atoms. The van der Waals surface area contributed by atoms with Gasteiger partial charge in [0.15, 0.2) is 0 Å². The molecule has 3 aromatic rings. The van der Waals surface area contributed by atoms with Crippen LogP contribution in [-0.4, -0.2) is 25.1 Å². The maximum absolute atomic E-state index is 12.1. The number of rotatable bonds is 6. The SMILES string of the molecule is COc1ccc(N=Cc2ccc(CNC(=O)C(=O)Nc3ccc(C)c(C)c3)o2)cc1Cl. The Balaban J connectivity index is 1.53. The normalized spacial score (nSPS) is 10.8. The summed E-state index contributed by atoms with van der Waals surface area (Å²) in [6.07, 6.45) is 1.54. The van der Waals surface area contributed by atoms with E-state index in [0.717, 1.165) is 11.1 Å². The summed E-state index contributed by atoms with van der Waals surface area (Å²) >= 11 is 6.08. The minimum absolute atomic E-state index is 0.0708. The fourth-order valence-corrected chi connectivity index (χ4v) is 2.94. The Morgan fingerprint density at radius 2 is 1.87 bits per heavy atom. The van der Waals surface area contributed by atoms with Crippen LogP contribution < -0.4 is 15.4 Å². The summed E-state index contributed by atoms with van der Waals surface area (Å²) in [6, 6.07) is 14.0. The number of anilines is 1. The first kappa shape index (κ1) is 22.1. The number of aliphatic imine (C=N–C) groups is 1. The number of halogens is 1. The van der Waals surface area contributed by atoms with Crippen LogP contribution >= 0.6 is 11.6 Å². The van der Waals surface area contributed by atoms with Gasteiger partial charge in [-0.3, -0.25) is 14.6 Å². The summed E-state index contributed by atoms with van der Waals surface area (Å²) in [4.78, 5) is 28.4. The Kier molecular flexibility index (Phi) is 7.10. The summed E-state index contributed by atoms with van der Waals surface area (Å²) < 4.78 is 10.7. The molecule has 7 nitrogen and oxygen atoms in total. The maximum Gasteiger partial charge on any atom is 0.313 e. The predicted molar refractivity (Wildman–Crippen MR) is 120 cm³/mol. The van der Waals surface area contributed by atoms with Crippen LogP contribution in [0.15, 0.2) is 57.9 Å². The molecule has 2 aromatic carbocycles. The van der Waals surface area contributed by atoms with Crippen LogP contribution in [0.3, 0.4) is 0 Å². The highest BCUT2D eigenvalue weighted by Crippen LogP contribution is 2.28. The molecule has 0 aliphatic carbocycles. The van der Waals surface area contributed by atoms with E-state index in [-0.39, 0.29) is 6.54 Å². The van der Waals surface area contributed by atoms with Crippen LogP contribution in [-0.2, 0) is 16.1 Å². The lowest BCUT2D eigenvalue weighted by molar-refractivity contribution is -0.136. The number of nitrogens with zero attached hydrogens (tertiary/aromatic N) is 1. The molecule has 0 aliphatic rings. The highest BCUT2D eigenvalue weighted by atomic mass is 35.5. The zero-order valence-corrected chi connectivity index (χ0v) is 18.1. The first-order valence-electron chi connectivity index (χ1n) is 9.48. The van der Waals surface area contributed by atoms with Crippen molar-refractivity contribution in [3.8, 4) is 5.75 Å². The largest absolute Gasteiger partial charge is 0.495 e. The van der Waals surface area contributed by atoms with Crippen molar-refractivity contribution in [2.45, 2.75) is 20.4 Å². The number of hydrogen-bond acceptors (Lipinski definition) is 5. The van der Waals surface area contributed by atoms with Crippen molar-refractivity contribution in [3.05, 3.63) is 76.2 Å². The zero-order chi connectivity index (χ0) is 22.4. The van der Waals surface area contributed by atoms with Crippen LogP contribution in [0.2, 0.25) is 5.02 Å². The second-order valence-electron chi connectivity index (χ2n) is 6.82. The smallest absolute Gasteiger partial charge is 0.313 e. The maximum atomic E-state index is 12.1. The van der Waals surface area contributed by atoms with Gasteiger partial charge in [0.05, 0.1) is 30.6 Å². The molecule has 0 radical (unpaired) electrons. The van der Waals surface area contributed by atoms with E-state index in [2.05, 4.69) is 15.6 Å². The topological polar surface area (TPSA) is 92.9 Å². The summed E-state index contributed by atoms with van der Waals surface area (Å²) in [5, 5.41) is 5.57. The third kappa shape index (κ3) is 5.96. The Hall–Kier alpha value is -3.58. The molecular weight excluding hydrogens is 418 g/mol. The molecule has 0 bridgehead atoms. The van der Waals surface area contributed by atoms with E-state index in [1.165, 1.54) is 6.21 Å². The molecule has 0 unspecified atom stereocenters. The standard InChI is InChI=1S/C23H22ClN3O4/c1-14-4-5-17(10-15(14)2)27-23(29)22(28)26-13-19-8-7-18(31-19)12-25-16-6-9-21(30-3)20(24)11-16/h4-12H,13H2,1-3H3,(H,26,28)(H,27,29). The molecule has 0 atom stereocenters. The summed E-state index contributed by atoms with van der Waals surface area (Å²) in [5.41, 5.74) is 3.34. The van der Waals surface area contributed by atoms with E-state index in [4.69, 9.17) is 20.8 Å². The van der Waals surface area contributed by atoms with Crippen molar-refractivity contribution in [1.29, 1.82) is 0 Å². The number of hydrogen-bond donors (Lipinski definition) is 2. The Morgan fingerprint density at radius 1 is 1.06 bits per heavy atom. The monoisotopic (exact) mass is 439 g/mol. The van der Waals surface area contributed by atoms with Gasteiger partial charge in [-0.2, -0.15) is 0 Å². The van der Waals surface area contributed by atoms with Crippen molar-refractivity contribution in [2.24, 2.45) is 4.99 Å². The van der Waals surface area contributed by atoms with Gasteiger partial charge in [-0.25, -0.2) is 0 Å². The van der Waals surface area contributed by atoms with E-state index in [9.17, 15) is 9.59 Å². The van der Waals surface area contributed by atoms with Crippen LogP contribution in [0.4, 0.5) is 11.4 Å².